The van der Waals surface area contributed by atoms with Crippen LogP contribution in [0.25, 0.3) is 0 Å². The van der Waals surface area contributed by atoms with Crippen molar-refractivity contribution in [2.24, 2.45) is 5.73 Å². The van der Waals surface area contributed by atoms with E-state index in [4.69, 9.17) is 17.6 Å². The Morgan fingerprint density at radius 3 is 2.50 bits per heavy atom. The lowest BCUT2D eigenvalue weighted by Crippen LogP contribution is -2.24. The van der Waals surface area contributed by atoms with E-state index in [1.165, 1.54) is 0 Å². The van der Waals surface area contributed by atoms with E-state index >= 15 is 0 Å². The molecule has 0 saturated carbocycles. The summed E-state index contributed by atoms with van der Waals surface area (Å²) in [5.41, 5.74) is 8.10. The molecule has 0 heterocycles. The maximum Gasteiger partial charge on any atom is 0.358 e. The predicted molar refractivity (Wildman–Crippen MR) is 73.9 cm³/mol. The van der Waals surface area contributed by atoms with Crippen LogP contribution in [0, 0.1) is 0 Å². The Balaban J connectivity index is 3.30. The fourth-order valence-corrected chi connectivity index (χ4v) is 1.96. The third-order valence-corrected chi connectivity index (χ3v) is 3.08. The molecular weight excluding hydrogens is 252 g/mol. The summed E-state index contributed by atoms with van der Waals surface area (Å²) in [5.74, 6) is -0.546. The molecule has 0 bridgehead atoms. The Morgan fingerprint density at radius 2 is 2.06 bits per heavy atom. The Kier molecular flexibility index (Phi) is 5.44. The molecule has 1 aromatic rings. The van der Waals surface area contributed by atoms with E-state index in [0.717, 1.165) is 24.3 Å². The fraction of sp³-hybridized carbons (Fsp3) is 0.462. The molecule has 0 radical (unpaired) electrons. The topological polar surface area (TPSA) is 55.6 Å². The first kappa shape index (κ1) is 14.8. The standard InChI is InChI=1S/C13H19ClN2O2/c1-4-16(5-2)12-8-10(9(3)15)6-7-11(12)13(17)18-14/h6-9H,4-5,15H2,1-3H3. The van der Waals surface area contributed by atoms with Gasteiger partial charge in [-0.15, -0.1) is 0 Å². The van der Waals surface area contributed by atoms with Crippen molar-refractivity contribution in [2.45, 2.75) is 26.8 Å². The number of carbonyl (C=O) groups excluding carboxylic acids is 1. The van der Waals surface area contributed by atoms with Crippen molar-refractivity contribution in [3.8, 4) is 0 Å². The number of carbonyl (C=O) groups is 1. The van der Waals surface area contributed by atoms with Crippen LogP contribution in [0.15, 0.2) is 18.2 Å². The van der Waals surface area contributed by atoms with E-state index in [-0.39, 0.29) is 6.04 Å². The summed E-state index contributed by atoms with van der Waals surface area (Å²) < 4.78 is 4.29. The molecule has 0 fully saturated rings. The third-order valence-electron chi connectivity index (χ3n) is 2.94. The van der Waals surface area contributed by atoms with Crippen LogP contribution >= 0.6 is 11.9 Å². The molecule has 0 amide bonds. The van der Waals surface area contributed by atoms with Gasteiger partial charge >= 0.3 is 5.97 Å². The van der Waals surface area contributed by atoms with Gasteiger partial charge in [0.2, 0.25) is 0 Å². The number of nitrogens with two attached hydrogens (primary N) is 1. The van der Waals surface area contributed by atoms with Crippen LogP contribution in [-0.2, 0) is 4.29 Å². The van der Waals surface area contributed by atoms with Gasteiger partial charge in [0, 0.05) is 19.1 Å². The lowest BCUT2D eigenvalue weighted by atomic mass is 10.0. The van der Waals surface area contributed by atoms with E-state index in [1.54, 1.807) is 6.07 Å². The Bertz CT molecular complexity index is 417. The van der Waals surface area contributed by atoms with Crippen molar-refractivity contribution in [1.29, 1.82) is 0 Å². The molecule has 2 N–H and O–H groups in total. The van der Waals surface area contributed by atoms with Crippen molar-refractivity contribution in [1.82, 2.24) is 0 Å². The summed E-state index contributed by atoms with van der Waals surface area (Å²) in [6, 6.07) is 5.36. The number of halogens is 1. The van der Waals surface area contributed by atoms with Crippen LogP contribution < -0.4 is 10.6 Å². The first-order valence-corrected chi connectivity index (χ1v) is 6.33. The van der Waals surface area contributed by atoms with Gasteiger partial charge in [-0.2, -0.15) is 0 Å². The number of hydrogen-bond donors (Lipinski definition) is 1. The van der Waals surface area contributed by atoms with E-state index in [0.29, 0.717) is 5.56 Å². The van der Waals surface area contributed by atoms with Crippen LogP contribution in [0.2, 0.25) is 0 Å². The molecule has 4 nitrogen and oxygen atoms in total. The summed E-state index contributed by atoms with van der Waals surface area (Å²) in [4.78, 5) is 13.7. The van der Waals surface area contributed by atoms with Crippen molar-refractivity contribution in [3.63, 3.8) is 0 Å². The monoisotopic (exact) mass is 270 g/mol. The summed E-state index contributed by atoms with van der Waals surface area (Å²) in [5, 5.41) is 0. The molecule has 18 heavy (non-hydrogen) atoms. The zero-order valence-electron chi connectivity index (χ0n) is 10.9. The van der Waals surface area contributed by atoms with Gasteiger partial charge in [0.15, 0.2) is 0 Å². The maximum absolute atomic E-state index is 11.6. The summed E-state index contributed by atoms with van der Waals surface area (Å²) >= 11 is 5.16. The summed E-state index contributed by atoms with van der Waals surface area (Å²) in [6.45, 7) is 7.54. The van der Waals surface area contributed by atoms with E-state index < -0.39 is 5.97 Å². The highest BCUT2D eigenvalue weighted by molar-refractivity contribution is 6.16. The molecular formula is C13H19ClN2O2. The van der Waals surface area contributed by atoms with Crippen LogP contribution in [0.5, 0.6) is 0 Å². The average Bonchev–Trinajstić information content (AvgIpc) is 2.39. The minimum atomic E-state index is -0.546. The van der Waals surface area contributed by atoms with Crippen molar-refractivity contribution in [3.05, 3.63) is 29.3 Å². The van der Waals surface area contributed by atoms with Crippen molar-refractivity contribution < 1.29 is 9.08 Å². The van der Waals surface area contributed by atoms with Gasteiger partial charge in [0.25, 0.3) is 0 Å². The molecule has 0 aromatic heterocycles. The second-order valence-corrected chi connectivity index (χ2v) is 4.26. The molecule has 0 aliphatic carbocycles. The fourth-order valence-electron chi connectivity index (χ4n) is 1.87. The second-order valence-electron chi connectivity index (χ2n) is 4.10. The van der Waals surface area contributed by atoms with E-state index in [2.05, 4.69) is 9.19 Å². The molecule has 5 heteroatoms. The first-order chi connectivity index (χ1) is 8.54. The average molecular weight is 271 g/mol. The van der Waals surface area contributed by atoms with E-state index in [9.17, 15) is 4.79 Å². The highest BCUT2D eigenvalue weighted by Crippen LogP contribution is 2.25. The SMILES string of the molecule is CCN(CC)c1cc(C(C)N)ccc1C(=O)OCl. The lowest BCUT2D eigenvalue weighted by Gasteiger charge is -2.24. The van der Waals surface area contributed by atoms with Crippen LogP contribution in [0.4, 0.5) is 5.69 Å². The summed E-state index contributed by atoms with van der Waals surface area (Å²) in [6.07, 6.45) is 0. The van der Waals surface area contributed by atoms with E-state index in [1.807, 2.05) is 32.9 Å². The highest BCUT2D eigenvalue weighted by atomic mass is 35.5. The van der Waals surface area contributed by atoms with Crippen LogP contribution in [-0.4, -0.2) is 19.1 Å². The molecule has 0 aliphatic rings. The number of benzene rings is 1. The molecule has 1 rings (SSSR count). The van der Waals surface area contributed by atoms with Crippen molar-refractivity contribution in [2.75, 3.05) is 18.0 Å². The highest BCUT2D eigenvalue weighted by Gasteiger charge is 2.17. The van der Waals surface area contributed by atoms with Gasteiger partial charge in [0.1, 0.15) is 11.9 Å². The second kappa shape index (κ2) is 6.61. The molecule has 1 unspecified atom stereocenters. The van der Waals surface area contributed by atoms with Gasteiger partial charge in [0.05, 0.1) is 11.3 Å². The van der Waals surface area contributed by atoms with Gasteiger partial charge in [-0.25, -0.2) is 4.79 Å². The molecule has 100 valence electrons. The normalized spacial score (nSPS) is 12.1. The third kappa shape index (κ3) is 3.15. The lowest BCUT2D eigenvalue weighted by molar-refractivity contribution is 0.0752. The minimum absolute atomic E-state index is 0.0830. The first-order valence-electron chi connectivity index (χ1n) is 6.02. The zero-order chi connectivity index (χ0) is 13.7. The molecule has 0 saturated heterocycles. The Hall–Kier alpha value is -1.26. The Labute approximate surface area is 113 Å². The largest absolute Gasteiger partial charge is 0.371 e. The van der Waals surface area contributed by atoms with Gasteiger partial charge in [-0.05, 0) is 38.5 Å². The number of anilines is 1. The number of rotatable bonds is 5. The minimum Gasteiger partial charge on any atom is -0.371 e. The number of nitrogens with zero attached hydrogens (tertiary/aromatic N) is 1. The van der Waals surface area contributed by atoms with Crippen LogP contribution in [0.1, 0.15) is 42.7 Å². The van der Waals surface area contributed by atoms with Crippen molar-refractivity contribution >= 4 is 23.5 Å². The maximum atomic E-state index is 11.6. The smallest absolute Gasteiger partial charge is 0.358 e. The molecule has 1 atom stereocenters. The molecule has 0 aliphatic heterocycles. The summed E-state index contributed by atoms with van der Waals surface area (Å²) in [7, 11) is 0. The van der Waals surface area contributed by atoms with Gasteiger partial charge < -0.3 is 14.9 Å². The number of hydrogen-bond acceptors (Lipinski definition) is 4. The quantitative estimate of drug-likeness (QED) is 0.894. The molecule has 0 spiro atoms. The Morgan fingerprint density at radius 1 is 1.44 bits per heavy atom. The zero-order valence-corrected chi connectivity index (χ0v) is 11.7. The van der Waals surface area contributed by atoms with Gasteiger partial charge in [-0.3, -0.25) is 0 Å². The molecule has 1 aromatic carbocycles. The van der Waals surface area contributed by atoms with Gasteiger partial charge in [-0.1, -0.05) is 6.07 Å². The van der Waals surface area contributed by atoms with Crippen LogP contribution in [0.3, 0.4) is 0 Å². The predicted octanol–water partition coefficient (Wildman–Crippen LogP) is 2.86.